The smallest absolute Gasteiger partial charge is 0.221 e. The fourth-order valence-electron chi connectivity index (χ4n) is 0.874. The standard InChI is InChI=1S/C9H11ClN4/c1-5(2)4-12-7-6(3)13-9(11)14-8(7)10/h4H,1H2,2-3H3,(H2,11,13,14). The molecule has 0 saturated heterocycles. The molecular formula is C9H11ClN4. The van der Waals surface area contributed by atoms with Crippen LogP contribution in [0.5, 0.6) is 0 Å². The summed E-state index contributed by atoms with van der Waals surface area (Å²) in [5.74, 6) is 0.154. The third-order valence-electron chi connectivity index (χ3n) is 1.45. The number of nitrogens with two attached hydrogens (primary N) is 1. The average Bonchev–Trinajstić information content (AvgIpc) is 2.01. The lowest BCUT2D eigenvalue weighted by molar-refractivity contribution is 1.11. The van der Waals surface area contributed by atoms with Gasteiger partial charge in [0.15, 0.2) is 5.15 Å². The van der Waals surface area contributed by atoms with Gasteiger partial charge in [0.1, 0.15) is 5.69 Å². The van der Waals surface area contributed by atoms with E-state index in [0.29, 0.717) is 11.4 Å². The molecule has 74 valence electrons. The summed E-state index contributed by atoms with van der Waals surface area (Å²) in [6.07, 6.45) is 1.60. The molecule has 0 aliphatic carbocycles. The topological polar surface area (TPSA) is 64.2 Å². The minimum atomic E-state index is 0.154. The van der Waals surface area contributed by atoms with Crippen LogP contribution in [0.2, 0.25) is 5.15 Å². The van der Waals surface area contributed by atoms with Gasteiger partial charge in [-0.15, -0.1) is 0 Å². The van der Waals surface area contributed by atoms with Gasteiger partial charge in [-0.05, 0) is 19.4 Å². The lowest BCUT2D eigenvalue weighted by atomic mass is 10.3. The van der Waals surface area contributed by atoms with Crippen molar-refractivity contribution in [2.24, 2.45) is 4.99 Å². The second-order valence-corrected chi connectivity index (χ2v) is 3.27. The van der Waals surface area contributed by atoms with Crippen molar-refractivity contribution in [1.29, 1.82) is 0 Å². The highest BCUT2D eigenvalue weighted by molar-refractivity contribution is 6.32. The summed E-state index contributed by atoms with van der Waals surface area (Å²) in [7, 11) is 0. The molecule has 0 atom stereocenters. The maximum Gasteiger partial charge on any atom is 0.221 e. The number of anilines is 1. The van der Waals surface area contributed by atoms with Gasteiger partial charge >= 0.3 is 0 Å². The zero-order chi connectivity index (χ0) is 10.7. The molecule has 2 N–H and O–H groups in total. The summed E-state index contributed by atoms with van der Waals surface area (Å²) in [5.41, 5.74) is 7.42. The number of allylic oxidation sites excluding steroid dienone is 1. The molecule has 1 aromatic rings. The van der Waals surface area contributed by atoms with Gasteiger partial charge < -0.3 is 5.73 Å². The summed E-state index contributed by atoms with van der Waals surface area (Å²) >= 11 is 5.84. The minimum Gasteiger partial charge on any atom is -0.368 e. The summed E-state index contributed by atoms with van der Waals surface area (Å²) < 4.78 is 0. The van der Waals surface area contributed by atoms with Gasteiger partial charge in [-0.1, -0.05) is 18.2 Å². The first-order valence-electron chi connectivity index (χ1n) is 4.00. The third-order valence-corrected chi connectivity index (χ3v) is 1.71. The van der Waals surface area contributed by atoms with Crippen LogP contribution < -0.4 is 5.73 Å². The van der Waals surface area contributed by atoms with Gasteiger partial charge in [0, 0.05) is 6.21 Å². The molecule has 14 heavy (non-hydrogen) atoms. The number of hydrogen-bond acceptors (Lipinski definition) is 4. The maximum absolute atomic E-state index is 5.84. The molecule has 0 aromatic carbocycles. The Balaban J connectivity index is 3.15. The van der Waals surface area contributed by atoms with Crippen LogP contribution in [0.15, 0.2) is 17.1 Å². The van der Waals surface area contributed by atoms with Crippen LogP contribution in [0.4, 0.5) is 11.6 Å². The lowest BCUT2D eigenvalue weighted by Crippen LogP contribution is -1.97. The number of nitrogen functional groups attached to an aromatic ring is 1. The van der Waals surface area contributed by atoms with Crippen LogP contribution in [0.25, 0.3) is 0 Å². The van der Waals surface area contributed by atoms with Crippen molar-refractivity contribution < 1.29 is 0 Å². The Morgan fingerprint density at radius 3 is 2.71 bits per heavy atom. The number of rotatable bonds is 2. The van der Waals surface area contributed by atoms with E-state index in [-0.39, 0.29) is 11.1 Å². The quantitative estimate of drug-likeness (QED) is 0.602. The second-order valence-electron chi connectivity index (χ2n) is 2.91. The van der Waals surface area contributed by atoms with Crippen molar-refractivity contribution in [2.45, 2.75) is 13.8 Å². The van der Waals surface area contributed by atoms with E-state index in [4.69, 9.17) is 17.3 Å². The first kappa shape index (κ1) is 10.7. The van der Waals surface area contributed by atoms with Crippen molar-refractivity contribution in [3.63, 3.8) is 0 Å². The molecule has 0 fully saturated rings. The molecule has 1 aromatic heterocycles. The van der Waals surface area contributed by atoms with Crippen molar-refractivity contribution in [3.05, 3.63) is 23.0 Å². The minimum absolute atomic E-state index is 0.154. The number of nitrogens with zero attached hydrogens (tertiary/aromatic N) is 3. The predicted molar refractivity (Wildman–Crippen MR) is 59.2 cm³/mol. The zero-order valence-corrected chi connectivity index (χ0v) is 8.84. The van der Waals surface area contributed by atoms with Gasteiger partial charge in [-0.2, -0.15) is 4.98 Å². The van der Waals surface area contributed by atoms with E-state index in [1.54, 1.807) is 13.1 Å². The highest BCUT2D eigenvalue weighted by Crippen LogP contribution is 2.25. The molecule has 1 heterocycles. The van der Waals surface area contributed by atoms with E-state index in [2.05, 4.69) is 21.5 Å². The van der Waals surface area contributed by atoms with E-state index in [1.807, 2.05) is 6.92 Å². The van der Waals surface area contributed by atoms with Crippen molar-refractivity contribution in [1.82, 2.24) is 9.97 Å². The van der Waals surface area contributed by atoms with Crippen LogP contribution >= 0.6 is 11.6 Å². The normalized spacial score (nSPS) is 10.8. The van der Waals surface area contributed by atoms with Gasteiger partial charge in [0.25, 0.3) is 0 Å². The Bertz CT molecular complexity index is 375. The number of aliphatic imine (C=N–C) groups is 1. The monoisotopic (exact) mass is 210 g/mol. The molecule has 0 radical (unpaired) electrons. The number of aryl methyl sites for hydroxylation is 1. The summed E-state index contributed by atoms with van der Waals surface area (Å²) in [4.78, 5) is 11.9. The number of aromatic nitrogens is 2. The molecule has 0 amide bonds. The maximum atomic E-state index is 5.84. The highest BCUT2D eigenvalue weighted by atomic mass is 35.5. The fraction of sp³-hybridized carbons (Fsp3) is 0.222. The molecule has 5 heteroatoms. The van der Waals surface area contributed by atoms with E-state index in [9.17, 15) is 0 Å². The summed E-state index contributed by atoms with van der Waals surface area (Å²) in [5, 5.41) is 0.257. The summed E-state index contributed by atoms with van der Waals surface area (Å²) in [6.45, 7) is 7.30. The van der Waals surface area contributed by atoms with Crippen LogP contribution in [0.3, 0.4) is 0 Å². The Morgan fingerprint density at radius 1 is 1.57 bits per heavy atom. The van der Waals surface area contributed by atoms with E-state index >= 15 is 0 Å². The van der Waals surface area contributed by atoms with Gasteiger partial charge in [-0.3, -0.25) is 4.99 Å². The molecule has 4 nitrogen and oxygen atoms in total. The molecule has 0 saturated carbocycles. The first-order valence-corrected chi connectivity index (χ1v) is 4.37. The first-order chi connectivity index (χ1) is 6.50. The van der Waals surface area contributed by atoms with Crippen LogP contribution in [0.1, 0.15) is 12.6 Å². The summed E-state index contributed by atoms with van der Waals surface area (Å²) in [6, 6.07) is 0. The van der Waals surface area contributed by atoms with Crippen molar-refractivity contribution >= 4 is 29.5 Å². The molecule has 0 spiro atoms. The molecule has 0 unspecified atom stereocenters. The van der Waals surface area contributed by atoms with E-state index in [1.165, 1.54) is 0 Å². The van der Waals surface area contributed by atoms with Crippen LogP contribution in [-0.4, -0.2) is 16.2 Å². The fourth-order valence-corrected chi connectivity index (χ4v) is 1.15. The van der Waals surface area contributed by atoms with E-state index in [0.717, 1.165) is 5.57 Å². The van der Waals surface area contributed by atoms with Gasteiger partial charge in [0.05, 0.1) is 5.69 Å². The third kappa shape index (κ3) is 2.53. The van der Waals surface area contributed by atoms with Crippen molar-refractivity contribution in [2.75, 3.05) is 5.73 Å². The molecular weight excluding hydrogens is 200 g/mol. The largest absolute Gasteiger partial charge is 0.368 e. The van der Waals surface area contributed by atoms with E-state index < -0.39 is 0 Å². The second kappa shape index (κ2) is 4.19. The SMILES string of the molecule is C=C(C)C=Nc1c(C)nc(N)nc1Cl. The Morgan fingerprint density at radius 2 is 2.21 bits per heavy atom. The predicted octanol–water partition coefficient (Wildman–Crippen LogP) is 2.30. The van der Waals surface area contributed by atoms with Gasteiger partial charge in [-0.25, -0.2) is 4.98 Å². The van der Waals surface area contributed by atoms with Gasteiger partial charge in [0.2, 0.25) is 5.95 Å². The lowest BCUT2D eigenvalue weighted by Gasteiger charge is -2.02. The van der Waals surface area contributed by atoms with Crippen LogP contribution in [-0.2, 0) is 0 Å². The number of halogens is 1. The van der Waals surface area contributed by atoms with Crippen LogP contribution in [0, 0.1) is 6.92 Å². The molecule has 0 aliphatic rings. The Kier molecular flexibility index (Phi) is 3.19. The Hall–Kier alpha value is -1.42. The number of hydrogen-bond donors (Lipinski definition) is 1. The zero-order valence-electron chi connectivity index (χ0n) is 8.08. The molecule has 0 bridgehead atoms. The molecule has 0 aliphatic heterocycles. The van der Waals surface area contributed by atoms with Crippen molar-refractivity contribution in [3.8, 4) is 0 Å². The molecule has 1 rings (SSSR count). The average molecular weight is 211 g/mol. The Labute approximate surface area is 87.5 Å². The highest BCUT2D eigenvalue weighted by Gasteiger charge is 2.06.